The molecular weight excluding hydrogens is 327 g/mol. The minimum absolute atomic E-state index is 0.0933. The van der Waals surface area contributed by atoms with Crippen LogP contribution in [-0.2, 0) is 11.2 Å². The standard InChI is InChI=1S/C22H23FN2O/c23-21-12-16(7-8-18(21)13-24)20-4-1-3-17(22(20)15-5-6-15)11-19-14-25-9-2-10-26-19/h1,3-4,7-8,12,15,19,25H,2,5-6,9-11,14H2. The quantitative estimate of drug-likeness (QED) is 0.900. The lowest BCUT2D eigenvalue weighted by atomic mass is 9.89. The Morgan fingerprint density at radius 2 is 2.12 bits per heavy atom. The van der Waals surface area contributed by atoms with Gasteiger partial charge in [-0.3, -0.25) is 0 Å². The van der Waals surface area contributed by atoms with Crippen LogP contribution >= 0.6 is 0 Å². The van der Waals surface area contributed by atoms with Gasteiger partial charge in [-0.1, -0.05) is 24.3 Å². The molecule has 1 aliphatic carbocycles. The minimum Gasteiger partial charge on any atom is -0.377 e. The van der Waals surface area contributed by atoms with Crippen LogP contribution in [0.15, 0.2) is 36.4 Å². The molecule has 4 heteroatoms. The molecule has 2 aromatic rings. The highest BCUT2D eigenvalue weighted by molar-refractivity contribution is 5.71. The van der Waals surface area contributed by atoms with Gasteiger partial charge in [0.05, 0.1) is 11.7 Å². The molecule has 0 bridgehead atoms. The summed E-state index contributed by atoms with van der Waals surface area (Å²) in [5.74, 6) is 0.104. The van der Waals surface area contributed by atoms with Gasteiger partial charge >= 0.3 is 0 Å². The monoisotopic (exact) mass is 350 g/mol. The molecule has 3 nitrogen and oxygen atoms in total. The molecule has 0 aromatic heterocycles. The normalized spacial score (nSPS) is 20.4. The summed E-state index contributed by atoms with van der Waals surface area (Å²) in [5.41, 5.74) is 4.68. The first kappa shape index (κ1) is 17.2. The first-order chi connectivity index (χ1) is 12.8. The Morgan fingerprint density at radius 3 is 2.88 bits per heavy atom. The van der Waals surface area contributed by atoms with Gasteiger partial charge < -0.3 is 10.1 Å². The van der Waals surface area contributed by atoms with Crippen LogP contribution in [0.4, 0.5) is 4.39 Å². The van der Waals surface area contributed by atoms with Crippen molar-refractivity contribution in [2.45, 2.75) is 37.7 Å². The second kappa shape index (κ2) is 7.57. The van der Waals surface area contributed by atoms with E-state index in [2.05, 4.69) is 23.5 Å². The Bertz CT molecular complexity index is 831. The molecule has 1 saturated carbocycles. The van der Waals surface area contributed by atoms with Crippen molar-refractivity contribution >= 4 is 0 Å². The average molecular weight is 350 g/mol. The van der Waals surface area contributed by atoms with E-state index >= 15 is 0 Å². The van der Waals surface area contributed by atoms with E-state index in [0.29, 0.717) is 5.92 Å². The van der Waals surface area contributed by atoms with Gasteiger partial charge in [0, 0.05) is 19.6 Å². The Labute approximate surface area is 153 Å². The van der Waals surface area contributed by atoms with Crippen LogP contribution in [-0.4, -0.2) is 25.8 Å². The number of halogens is 1. The van der Waals surface area contributed by atoms with E-state index < -0.39 is 5.82 Å². The predicted molar refractivity (Wildman–Crippen MR) is 99.5 cm³/mol. The van der Waals surface area contributed by atoms with E-state index in [-0.39, 0.29) is 11.7 Å². The summed E-state index contributed by atoms with van der Waals surface area (Å²) in [5, 5.41) is 12.4. The number of rotatable bonds is 4. The van der Waals surface area contributed by atoms with E-state index in [4.69, 9.17) is 10.00 Å². The summed E-state index contributed by atoms with van der Waals surface area (Å²) in [6.45, 7) is 2.69. The van der Waals surface area contributed by atoms with Gasteiger partial charge in [0.2, 0.25) is 0 Å². The maximum absolute atomic E-state index is 14.2. The molecule has 1 atom stereocenters. The smallest absolute Gasteiger partial charge is 0.141 e. The van der Waals surface area contributed by atoms with Crippen molar-refractivity contribution in [3.05, 3.63) is 58.9 Å². The van der Waals surface area contributed by atoms with E-state index in [1.807, 2.05) is 12.1 Å². The summed E-state index contributed by atoms with van der Waals surface area (Å²) < 4.78 is 20.2. The molecule has 0 amide bonds. The zero-order valence-electron chi connectivity index (χ0n) is 14.8. The van der Waals surface area contributed by atoms with Crippen LogP contribution in [0, 0.1) is 17.1 Å². The van der Waals surface area contributed by atoms with Gasteiger partial charge in [0.25, 0.3) is 0 Å². The fraction of sp³-hybridized carbons (Fsp3) is 0.409. The number of nitrogens with zero attached hydrogens (tertiary/aromatic N) is 1. The lowest BCUT2D eigenvalue weighted by molar-refractivity contribution is 0.0674. The van der Waals surface area contributed by atoms with E-state index in [1.165, 1.54) is 30.0 Å². The summed E-state index contributed by atoms with van der Waals surface area (Å²) >= 11 is 0. The zero-order valence-corrected chi connectivity index (χ0v) is 14.8. The van der Waals surface area contributed by atoms with Crippen molar-refractivity contribution in [3.8, 4) is 17.2 Å². The van der Waals surface area contributed by atoms with Gasteiger partial charge in [0.1, 0.15) is 11.9 Å². The second-order valence-corrected chi connectivity index (χ2v) is 7.21. The molecule has 1 unspecified atom stereocenters. The van der Waals surface area contributed by atoms with E-state index in [0.717, 1.165) is 43.7 Å². The third kappa shape index (κ3) is 3.65. The van der Waals surface area contributed by atoms with Crippen molar-refractivity contribution < 1.29 is 9.13 Å². The highest BCUT2D eigenvalue weighted by atomic mass is 19.1. The van der Waals surface area contributed by atoms with Crippen LogP contribution in [0.1, 0.15) is 41.9 Å². The number of benzene rings is 2. The fourth-order valence-electron chi connectivity index (χ4n) is 3.82. The van der Waals surface area contributed by atoms with Crippen LogP contribution in [0.25, 0.3) is 11.1 Å². The molecule has 26 heavy (non-hydrogen) atoms. The summed E-state index contributed by atoms with van der Waals surface area (Å²) in [6, 6.07) is 13.1. The second-order valence-electron chi connectivity index (χ2n) is 7.21. The summed E-state index contributed by atoms with van der Waals surface area (Å²) in [4.78, 5) is 0. The third-order valence-electron chi connectivity index (χ3n) is 5.25. The van der Waals surface area contributed by atoms with Gasteiger partial charge in [-0.2, -0.15) is 5.26 Å². The Hall–Kier alpha value is -2.22. The number of hydrogen-bond acceptors (Lipinski definition) is 3. The molecule has 2 aromatic carbocycles. The van der Waals surface area contributed by atoms with Gasteiger partial charge in [-0.05, 0) is 66.1 Å². The van der Waals surface area contributed by atoms with Crippen molar-refractivity contribution in [3.63, 3.8) is 0 Å². The van der Waals surface area contributed by atoms with Crippen molar-refractivity contribution in [1.29, 1.82) is 5.26 Å². The maximum atomic E-state index is 14.2. The van der Waals surface area contributed by atoms with Crippen molar-refractivity contribution in [1.82, 2.24) is 5.32 Å². The van der Waals surface area contributed by atoms with Crippen molar-refractivity contribution in [2.75, 3.05) is 19.7 Å². The van der Waals surface area contributed by atoms with E-state index in [9.17, 15) is 4.39 Å². The first-order valence-electron chi connectivity index (χ1n) is 9.40. The fourth-order valence-corrected chi connectivity index (χ4v) is 3.82. The maximum Gasteiger partial charge on any atom is 0.141 e. The number of ether oxygens (including phenoxy) is 1. The van der Waals surface area contributed by atoms with Gasteiger partial charge in [-0.15, -0.1) is 0 Å². The molecule has 1 aliphatic heterocycles. The molecular formula is C22H23FN2O. The average Bonchev–Trinajstić information content (AvgIpc) is 3.49. The minimum atomic E-state index is -0.451. The molecule has 4 rings (SSSR count). The molecule has 2 aliphatic rings. The van der Waals surface area contributed by atoms with Gasteiger partial charge in [0.15, 0.2) is 0 Å². The van der Waals surface area contributed by atoms with Crippen LogP contribution in [0.5, 0.6) is 0 Å². The highest BCUT2D eigenvalue weighted by Crippen LogP contribution is 2.46. The molecule has 0 radical (unpaired) electrons. The first-order valence-corrected chi connectivity index (χ1v) is 9.40. The lowest BCUT2D eigenvalue weighted by Gasteiger charge is -2.20. The van der Waals surface area contributed by atoms with Gasteiger partial charge in [-0.25, -0.2) is 4.39 Å². The van der Waals surface area contributed by atoms with E-state index in [1.54, 1.807) is 6.07 Å². The van der Waals surface area contributed by atoms with Crippen molar-refractivity contribution in [2.24, 2.45) is 0 Å². The SMILES string of the molecule is N#Cc1ccc(-c2cccc(CC3CNCCCO3)c2C2CC2)cc1F. The number of nitrogens with one attached hydrogen (secondary N) is 1. The largest absolute Gasteiger partial charge is 0.377 e. The number of nitriles is 1. The molecule has 1 N–H and O–H groups in total. The molecule has 1 heterocycles. The lowest BCUT2D eigenvalue weighted by Crippen LogP contribution is -2.28. The predicted octanol–water partition coefficient (Wildman–Crippen LogP) is 4.16. The molecule has 134 valence electrons. The summed E-state index contributed by atoms with van der Waals surface area (Å²) in [7, 11) is 0. The zero-order chi connectivity index (χ0) is 17.9. The van der Waals surface area contributed by atoms with Crippen LogP contribution in [0.2, 0.25) is 0 Å². The highest BCUT2D eigenvalue weighted by Gasteiger charge is 2.30. The number of hydrogen-bond donors (Lipinski definition) is 1. The topological polar surface area (TPSA) is 45.0 Å². The Kier molecular flexibility index (Phi) is 5.01. The van der Waals surface area contributed by atoms with Crippen LogP contribution < -0.4 is 5.32 Å². The Balaban J connectivity index is 1.69. The van der Waals surface area contributed by atoms with Crippen LogP contribution in [0.3, 0.4) is 0 Å². The molecule has 1 saturated heterocycles. The third-order valence-corrected chi connectivity index (χ3v) is 5.25. The Morgan fingerprint density at radius 1 is 1.23 bits per heavy atom. The molecule has 2 fully saturated rings. The molecule has 0 spiro atoms. The summed E-state index contributed by atoms with van der Waals surface area (Å²) in [6.07, 6.45) is 4.49.